The number of aliphatic hydroxyl groups excluding tert-OH is 1. The number of benzene rings is 1. The quantitative estimate of drug-likeness (QED) is 0.632. The third-order valence-corrected chi connectivity index (χ3v) is 4.87. The summed E-state index contributed by atoms with van der Waals surface area (Å²) in [6.07, 6.45) is 5.60. The molecule has 1 aliphatic rings. The van der Waals surface area contributed by atoms with Crippen LogP contribution in [0.3, 0.4) is 0 Å². The van der Waals surface area contributed by atoms with Crippen LogP contribution in [0.15, 0.2) is 30.3 Å². The molecule has 0 spiro atoms. The fourth-order valence-electron chi connectivity index (χ4n) is 3.52. The Morgan fingerprint density at radius 2 is 1.88 bits per heavy atom. The van der Waals surface area contributed by atoms with Crippen molar-refractivity contribution in [2.75, 3.05) is 11.6 Å². The standard InChI is InChI=1S/C20H33N3O2/c1-15(2)14-23(17-11-7-4-8-12-17)22-20(25)19(24)18(21)13-16-9-5-3-6-10-16/h4,7-8,11-12,15-16,18-19,24H,3,5-6,9-10,13-14,21H2,1-2H3,(H,22,25)/t18-,19?/m1/s1. The monoisotopic (exact) mass is 347 g/mol. The van der Waals surface area contributed by atoms with Crippen molar-refractivity contribution >= 4 is 11.6 Å². The first-order valence-corrected chi connectivity index (χ1v) is 9.54. The van der Waals surface area contributed by atoms with Gasteiger partial charge in [0, 0.05) is 12.6 Å². The normalized spacial score (nSPS) is 18.0. The zero-order valence-corrected chi connectivity index (χ0v) is 15.5. The van der Waals surface area contributed by atoms with Gasteiger partial charge in [0.1, 0.15) is 6.10 Å². The maximum absolute atomic E-state index is 12.5. The molecule has 0 bridgehead atoms. The molecule has 0 aliphatic heterocycles. The minimum Gasteiger partial charge on any atom is -0.382 e. The number of anilines is 1. The summed E-state index contributed by atoms with van der Waals surface area (Å²) in [5, 5.41) is 12.2. The summed E-state index contributed by atoms with van der Waals surface area (Å²) in [4.78, 5) is 12.5. The number of carbonyl (C=O) groups is 1. The Morgan fingerprint density at radius 1 is 1.24 bits per heavy atom. The van der Waals surface area contributed by atoms with Gasteiger partial charge in [0.25, 0.3) is 5.91 Å². The molecule has 2 rings (SSSR count). The molecule has 1 unspecified atom stereocenters. The summed E-state index contributed by atoms with van der Waals surface area (Å²) in [7, 11) is 0. The highest BCUT2D eigenvalue weighted by molar-refractivity contribution is 5.82. The molecule has 5 heteroatoms. The van der Waals surface area contributed by atoms with E-state index in [-0.39, 0.29) is 0 Å². The number of hydrogen-bond acceptors (Lipinski definition) is 4. The van der Waals surface area contributed by atoms with Crippen LogP contribution in [-0.4, -0.2) is 29.7 Å². The molecule has 1 aliphatic carbocycles. The van der Waals surface area contributed by atoms with Crippen molar-refractivity contribution in [3.63, 3.8) is 0 Å². The second-order valence-electron chi connectivity index (χ2n) is 7.66. The van der Waals surface area contributed by atoms with Gasteiger partial charge in [0.2, 0.25) is 0 Å². The molecule has 0 radical (unpaired) electrons. The SMILES string of the molecule is CC(C)CN(NC(=O)C(O)[C@H](N)CC1CCCCC1)c1ccccc1. The second kappa shape index (κ2) is 9.78. The predicted molar refractivity (Wildman–Crippen MR) is 102 cm³/mol. The third-order valence-electron chi connectivity index (χ3n) is 4.87. The molecular formula is C20H33N3O2. The fourth-order valence-corrected chi connectivity index (χ4v) is 3.52. The number of amides is 1. The van der Waals surface area contributed by atoms with Crippen molar-refractivity contribution < 1.29 is 9.90 Å². The molecule has 1 aromatic rings. The molecule has 1 fully saturated rings. The molecule has 4 N–H and O–H groups in total. The number of hydrogen-bond donors (Lipinski definition) is 3. The van der Waals surface area contributed by atoms with E-state index in [4.69, 9.17) is 5.73 Å². The largest absolute Gasteiger partial charge is 0.382 e. The molecule has 25 heavy (non-hydrogen) atoms. The van der Waals surface area contributed by atoms with E-state index in [1.165, 1.54) is 19.3 Å². The van der Waals surface area contributed by atoms with Gasteiger partial charge in [0.05, 0.1) is 5.69 Å². The average molecular weight is 348 g/mol. The van der Waals surface area contributed by atoms with Gasteiger partial charge in [-0.2, -0.15) is 0 Å². The molecule has 0 saturated heterocycles. The van der Waals surface area contributed by atoms with Crippen LogP contribution in [0.2, 0.25) is 0 Å². The molecule has 1 amide bonds. The topological polar surface area (TPSA) is 78.6 Å². The molecule has 140 valence electrons. The first-order valence-electron chi connectivity index (χ1n) is 9.54. The van der Waals surface area contributed by atoms with Gasteiger partial charge in [-0.15, -0.1) is 0 Å². The van der Waals surface area contributed by atoms with Crippen molar-refractivity contribution in [1.29, 1.82) is 0 Å². The van der Waals surface area contributed by atoms with Gasteiger partial charge in [-0.3, -0.25) is 15.2 Å². The number of nitrogens with zero attached hydrogens (tertiary/aromatic N) is 1. The highest BCUT2D eigenvalue weighted by Gasteiger charge is 2.27. The lowest BCUT2D eigenvalue weighted by Crippen LogP contribution is -2.53. The van der Waals surface area contributed by atoms with Gasteiger partial charge in [-0.25, -0.2) is 0 Å². The van der Waals surface area contributed by atoms with E-state index < -0.39 is 18.1 Å². The molecule has 1 aromatic carbocycles. The van der Waals surface area contributed by atoms with Crippen molar-refractivity contribution in [1.82, 2.24) is 5.43 Å². The maximum Gasteiger partial charge on any atom is 0.268 e. The minimum absolute atomic E-state index is 0.369. The molecule has 5 nitrogen and oxygen atoms in total. The van der Waals surface area contributed by atoms with E-state index in [1.54, 1.807) is 5.01 Å². The summed E-state index contributed by atoms with van der Waals surface area (Å²) in [6.45, 7) is 4.85. The number of aliphatic hydroxyl groups is 1. The summed E-state index contributed by atoms with van der Waals surface area (Å²) in [6, 6.07) is 9.17. The number of rotatable bonds is 8. The zero-order valence-electron chi connectivity index (χ0n) is 15.5. The number of nitrogens with two attached hydrogens (primary N) is 1. The van der Waals surface area contributed by atoms with E-state index in [1.807, 2.05) is 30.3 Å². The molecule has 0 aromatic heterocycles. The Labute approximate surface area is 151 Å². The Bertz CT molecular complexity index is 515. The van der Waals surface area contributed by atoms with Crippen molar-refractivity contribution in [3.05, 3.63) is 30.3 Å². The van der Waals surface area contributed by atoms with E-state index in [0.717, 1.165) is 18.5 Å². The Kier molecular flexibility index (Phi) is 7.72. The lowest BCUT2D eigenvalue weighted by molar-refractivity contribution is -0.130. The van der Waals surface area contributed by atoms with Gasteiger partial charge in [-0.1, -0.05) is 64.2 Å². The van der Waals surface area contributed by atoms with Crippen LogP contribution >= 0.6 is 0 Å². The highest BCUT2D eigenvalue weighted by atomic mass is 16.3. The van der Waals surface area contributed by atoms with Crippen molar-refractivity contribution in [2.45, 2.75) is 64.5 Å². The highest BCUT2D eigenvalue weighted by Crippen LogP contribution is 2.27. The summed E-state index contributed by atoms with van der Waals surface area (Å²) >= 11 is 0. The number of nitrogens with one attached hydrogen (secondary N) is 1. The summed E-state index contributed by atoms with van der Waals surface area (Å²) < 4.78 is 0. The Morgan fingerprint density at radius 3 is 2.48 bits per heavy atom. The average Bonchev–Trinajstić information content (AvgIpc) is 2.61. The molecular weight excluding hydrogens is 314 g/mol. The number of para-hydroxylation sites is 1. The van der Waals surface area contributed by atoms with Crippen LogP contribution in [0.5, 0.6) is 0 Å². The van der Waals surface area contributed by atoms with Crippen LogP contribution in [0.4, 0.5) is 5.69 Å². The fraction of sp³-hybridized carbons (Fsp3) is 0.650. The summed E-state index contributed by atoms with van der Waals surface area (Å²) in [5.74, 6) is 0.480. The predicted octanol–water partition coefficient (Wildman–Crippen LogP) is 2.84. The minimum atomic E-state index is -1.18. The van der Waals surface area contributed by atoms with Gasteiger partial charge < -0.3 is 10.8 Å². The van der Waals surface area contributed by atoms with Crippen LogP contribution in [-0.2, 0) is 4.79 Å². The van der Waals surface area contributed by atoms with Crippen molar-refractivity contribution in [3.8, 4) is 0 Å². The van der Waals surface area contributed by atoms with E-state index in [9.17, 15) is 9.90 Å². The summed E-state index contributed by atoms with van der Waals surface area (Å²) in [5.41, 5.74) is 9.88. The Hall–Kier alpha value is -1.59. The van der Waals surface area contributed by atoms with E-state index in [0.29, 0.717) is 24.8 Å². The zero-order chi connectivity index (χ0) is 18.2. The van der Waals surface area contributed by atoms with Gasteiger partial charge in [-0.05, 0) is 30.4 Å². The third kappa shape index (κ3) is 6.33. The van der Waals surface area contributed by atoms with E-state index >= 15 is 0 Å². The lowest BCUT2D eigenvalue weighted by atomic mass is 9.84. The Balaban J connectivity index is 1.94. The lowest BCUT2D eigenvalue weighted by Gasteiger charge is -2.30. The maximum atomic E-state index is 12.5. The first kappa shape index (κ1) is 19.7. The molecule has 1 saturated carbocycles. The number of carbonyl (C=O) groups excluding carboxylic acids is 1. The van der Waals surface area contributed by atoms with Crippen LogP contribution in [0, 0.1) is 11.8 Å². The van der Waals surface area contributed by atoms with Gasteiger partial charge in [0.15, 0.2) is 0 Å². The second-order valence-corrected chi connectivity index (χ2v) is 7.66. The van der Waals surface area contributed by atoms with Crippen LogP contribution in [0.25, 0.3) is 0 Å². The smallest absolute Gasteiger partial charge is 0.268 e. The van der Waals surface area contributed by atoms with Crippen LogP contribution in [0.1, 0.15) is 52.4 Å². The van der Waals surface area contributed by atoms with Gasteiger partial charge >= 0.3 is 0 Å². The molecule has 2 atom stereocenters. The van der Waals surface area contributed by atoms with E-state index in [2.05, 4.69) is 19.3 Å². The molecule has 0 heterocycles. The number of hydrazine groups is 1. The van der Waals surface area contributed by atoms with Crippen LogP contribution < -0.4 is 16.2 Å². The van der Waals surface area contributed by atoms with Crippen molar-refractivity contribution in [2.24, 2.45) is 17.6 Å². The first-order chi connectivity index (χ1) is 12.0.